The van der Waals surface area contributed by atoms with Crippen LogP contribution >= 0.6 is 0 Å². The average Bonchev–Trinajstić information content (AvgIpc) is 2.50. The van der Waals surface area contributed by atoms with Crippen LogP contribution in [0.1, 0.15) is 0 Å². The van der Waals surface area contributed by atoms with Crippen LogP contribution in [0.4, 0.5) is 0 Å². The summed E-state index contributed by atoms with van der Waals surface area (Å²) in [7, 11) is 0. The van der Waals surface area contributed by atoms with E-state index in [2.05, 4.69) is 0 Å². The van der Waals surface area contributed by atoms with Crippen molar-refractivity contribution in [2.24, 2.45) is 0 Å². The van der Waals surface area contributed by atoms with Crippen molar-refractivity contribution >= 4 is 0 Å². The van der Waals surface area contributed by atoms with Crippen molar-refractivity contribution in [1.29, 1.82) is 0 Å². The lowest BCUT2D eigenvalue weighted by Crippen LogP contribution is -1.87. The molecule has 116 valence electrons. The largest absolute Gasteiger partial charge is 0.507 e. The highest BCUT2D eigenvalue weighted by molar-refractivity contribution is 5.89. The van der Waals surface area contributed by atoms with E-state index >= 15 is 0 Å². The Morgan fingerprint density at radius 1 is 0.435 bits per heavy atom. The van der Waals surface area contributed by atoms with Crippen LogP contribution in [0.5, 0.6) is 28.7 Å². The Morgan fingerprint density at radius 2 is 0.739 bits per heavy atom. The van der Waals surface area contributed by atoms with Crippen molar-refractivity contribution < 1.29 is 25.5 Å². The number of benzene rings is 3. The van der Waals surface area contributed by atoms with Gasteiger partial charge in [-0.05, 0) is 24.3 Å². The number of hydrogen-bond donors (Lipinski definition) is 5. The van der Waals surface area contributed by atoms with Crippen molar-refractivity contribution in [1.82, 2.24) is 0 Å². The fraction of sp³-hybridized carbons (Fsp3) is 0. The minimum Gasteiger partial charge on any atom is -0.507 e. The average molecular weight is 310 g/mol. The predicted octanol–water partition coefficient (Wildman–Crippen LogP) is 3.55. The lowest BCUT2D eigenvalue weighted by molar-refractivity contribution is 0.447. The zero-order chi connectivity index (χ0) is 16.6. The molecule has 3 rings (SSSR count). The molecule has 5 N–H and O–H groups in total. The third-order valence-electron chi connectivity index (χ3n) is 3.62. The van der Waals surface area contributed by atoms with Crippen molar-refractivity contribution in [2.75, 3.05) is 0 Å². The predicted molar refractivity (Wildman–Crippen MR) is 85.6 cm³/mol. The summed E-state index contributed by atoms with van der Waals surface area (Å²) in [6.45, 7) is 0. The van der Waals surface area contributed by atoms with Gasteiger partial charge in [0.2, 0.25) is 0 Å². The molecule has 0 atom stereocenters. The summed E-state index contributed by atoms with van der Waals surface area (Å²) in [5, 5.41) is 50.4. The van der Waals surface area contributed by atoms with Gasteiger partial charge in [-0.3, -0.25) is 0 Å². The summed E-state index contributed by atoms with van der Waals surface area (Å²) in [4.78, 5) is 0. The van der Waals surface area contributed by atoms with Crippen LogP contribution in [0.25, 0.3) is 22.3 Å². The van der Waals surface area contributed by atoms with Gasteiger partial charge >= 0.3 is 0 Å². The lowest BCUT2D eigenvalue weighted by atomic mass is 9.95. The molecule has 0 aromatic heterocycles. The number of phenolic OH excluding ortho intramolecular Hbond substituents is 5. The molecule has 5 heteroatoms. The third kappa shape index (κ3) is 2.38. The Morgan fingerprint density at radius 3 is 1.09 bits per heavy atom. The van der Waals surface area contributed by atoms with Crippen LogP contribution in [0.2, 0.25) is 0 Å². The van der Waals surface area contributed by atoms with Crippen LogP contribution in [0, 0.1) is 0 Å². The molecule has 23 heavy (non-hydrogen) atoms. The van der Waals surface area contributed by atoms with Gasteiger partial charge in [0.05, 0.1) is 11.1 Å². The molecule has 0 aliphatic carbocycles. The molecule has 0 bridgehead atoms. The number of aromatic hydroxyl groups is 5. The first-order valence-corrected chi connectivity index (χ1v) is 6.85. The van der Waals surface area contributed by atoms with E-state index in [1.165, 1.54) is 48.5 Å². The van der Waals surface area contributed by atoms with E-state index in [0.29, 0.717) is 0 Å². The van der Waals surface area contributed by atoms with Crippen molar-refractivity contribution in [2.45, 2.75) is 0 Å². The first kappa shape index (κ1) is 14.6. The van der Waals surface area contributed by atoms with Crippen LogP contribution in [0.3, 0.4) is 0 Å². The third-order valence-corrected chi connectivity index (χ3v) is 3.62. The number of para-hydroxylation sites is 1. The van der Waals surface area contributed by atoms with Crippen LogP contribution < -0.4 is 0 Å². The zero-order valence-corrected chi connectivity index (χ0v) is 11.9. The van der Waals surface area contributed by atoms with Crippen LogP contribution in [0.15, 0.2) is 54.6 Å². The fourth-order valence-corrected chi connectivity index (χ4v) is 2.56. The minimum atomic E-state index is -0.277. The smallest absolute Gasteiger partial charge is 0.131 e. The molecule has 0 spiro atoms. The molecule has 3 aromatic carbocycles. The van der Waals surface area contributed by atoms with Gasteiger partial charge in [-0.2, -0.15) is 0 Å². The van der Waals surface area contributed by atoms with E-state index in [0.717, 1.165) is 0 Å². The molecule has 0 heterocycles. The standard InChI is InChI=1S/C18H14O5/c19-12-6-2-7-13(20)16(12)10-4-1-5-11(18(10)23)17-14(21)8-3-9-15(17)22/h1-9,19-23H. The Hall–Kier alpha value is -3.34. The zero-order valence-electron chi connectivity index (χ0n) is 11.9. The van der Waals surface area contributed by atoms with E-state index in [-0.39, 0.29) is 51.0 Å². The van der Waals surface area contributed by atoms with E-state index in [4.69, 9.17) is 0 Å². The molecule has 0 aliphatic heterocycles. The summed E-state index contributed by atoms with van der Waals surface area (Å²) in [5.74, 6) is -1.06. The van der Waals surface area contributed by atoms with E-state index in [9.17, 15) is 25.5 Å². The maximum Gasteiger partial charge on any atom is 0.131 e. The van der Waals surface area contributed by atoms with Gasteiger partial charge in [-0.25, -0.2) is 0 Å². The van der Waals surface area contributed by atoms with E-state index < -0.39 is 0 Å². The van der Waals surface area contributed by atoms with Crippen molar-refractivity contribution in [3.05, 3.63) is 54.6 Å². The second-order valence-corrected chi connectivity index (χ2v) is 5.04. The molecule has 0 radical (unpaired) electrons. The van der Waals surface area contributed by atoms with Crippen LogP contribution in [-0.4, -0.2) is 25.5 Å². The fourth-order valence-electron chi connectivity index (χ4n) is 2.56. The monoisotopic (exact) mass is 310 g/mol. The van der Waals surface area contributed by atoms with Gasteiger partial charge in [-0.1, -0.05) is 30.3 Å². The summed E-state index contributed by atoms with van der Waals surface area (Å²) >= 11 is 0. The first-order chi connectivity index (χ1) is 11.0. The molecule has 3 aromatic rings. The van der Waals surface area contributed by atoms with Crippen molar-refractivity contribution in [3.8, 4) is 51.0 Å². The van der Waals surface area contributed by atoms with Crippen molar-refractivity contribution in [3.63, 3.8) is 0 Å². The Kier molecular flexibility index (Phi) is 3.46. The van der Waals surface area contributed by atoms with Gasteiger partial charge < -0.3 is 25.5 Å². The summed E-state index contributed by atoms with van der Waals surface area (Å²) in [5.41, 5.74) is 0.505. The van der Waals surface area contributed by atoms with Crippen LogP contribution in [-0.2, 0) is 0 Å². The molecule has 0 unspecified atom stereocenters. The topological polar surface area (TPSA) is 101 Å². The summed E-state index contributed by atoms with van der Waals surface area (Å²) in [6, 6.07) is 13.1. The molecule has 0 amide bonds. The Balaban J connectivity index is 2.29. The van der Waals surface area contributed by atoms with Gasteiger partial charge in [0.15, 0.2) is 0 Å². The van der Waals surface area contributed by atoms with Gasteiger partial charge in [0.25, 0.3) is 0 Å². The van der Waals surface area contributed by atoms with Gasteiger partial charge in [0.1, 0.15) is 28.7 Å². The first-order valence-electron chi connectivity index (χ1n) is 6.85. The van der Waals surface area contributed by atoms with E-state index in [1.807, 2.05) is 0 Å². The number of rotatable bonds is 2. The lowest BCUT2D eigenvalue weighted by Gasteiger charge is -2.14. The molecular formula is C18H14O5. The summed E-state index contributed by atoms with van der Waals surface area (Å²) in [6.07, 6.45) is 0. The Bertz CT molecular complexity index is 776. The highest BCUT2D eigenvalue weighted by Gasteiger charge is 2.19. The number of hydrogen-bond acceptors (Lipinski definition) is 5. The number of phenols is 5. The highest BCUT2D eigenvalue weighted by atomic mass is 16.3. The molecular weight excluding hydrogens is 296 g/mol. The SMILES string of the molecule is Oc1cccc(O)c1-c1cccc(-c2c(O)cccc2O)c1O. The quantitative estimate of drug-likeness (QED) is 0.498. The second kappa shape index (κ2) is 5.46. The highest BCUT2D eigenvalue weighted by Crippen LogP contribution is 2.48. The molecule has 5 nitrogen and oxygen atoms in total. The van der Waals surface area contributed by atoms with E-state index in [1.54, 1.807) is 6.07 Å². The minimum absolute atomic E-state index is 0.0711. The second-order valence-electron chi connectivity index (χ2n) is 5.04. The van der Waals surface area contributed by atoms with Gasteiger partial charge in [-0.15, -0.1) is 0 Å². The molecule has 0 saturated heterocycles. The van der Waals surface area contributed by atoms with Gasteiger partial charge in [0, 0.05) is 11.1 Å². The Labute approximate surface area is 132 Å². The maximum absolute atomic E-state index is 10.5. The molecule has 0 aliphatic rings. The summed E-state index contributed by atoms with van der Waals surface area (Å²) < 4.78 is 0. The molecule has 0 saturated carbocycles. The normalized spacial score (nSPS) is 10.6. The molecule has 0 fully saturated rings. The maximum atomic E-state index is 10.5.